The Morgan fingerprint density at radius 3 is 2.62 bits per heavy atom. The maximum atomic E-state index is 14.2. The van der Waals surface area contributed by atoms with Crippen molar-refractivity contribution >= 4 is 40.1 Å². The van der Waals surface area contributed by atoms with Crippen LogP contribution in [0.3, 0.4) is 0 Å². The lowest BCUT2D eigenvalue weighted by Crippen LogP contribution is -2.49. The molecule has 0 radical (unpaired) electrons. The number of hydrogen-bond acceptors (Lipinski definition) is 4. The van der Waals surface area contributed by atoms with Gasteiger partial charge in [-0.2, -0.15) is 0 Å². The lowest BCUT2D eigenvalue weighted by atomic mass is 9.80. The molecule has 124 valence electrons. The quantitative estimate of drug-likeness (QED) is 0.733. The van der Waals surface area contributed by atoms with E-state index in [0.717, 1.165) is 5.56 Å². The summed E-state index contributed by atoms with van der Waals surface area (Å²) in [5.41, 5.74) is 1.51. The number of rotatable bonds is 0. The summed E-state index contributed by atoms with van der Waals surface area (Å²) in [5, 5.41) is 1.65. The number of carbonyl (C=O) groups is 3. The first-order chi connectivity index (χ1) is 11.2. The van der Waals surface area contributed by atoms with Crippen LogP contribution in [-0.4, -0.2) is 22.6 Å². The Kier molecular flexibility index (Phi) is 3.01. The van der Waals surface area contributed by atoms with Crippen molar-refractivity contribution in [2.45, 2.75) is 38.6 Å². The molecule has 0 bridgehead atoms. The summed E-state index contributed by atoms with van der Waals surface area (Å²) in [6, 6.07) is 2.74. The van der Waals surface area contributed by atoms with Gasteiger partial charge >= 0.3 is 0 Å². The molecule has 0 spiro atoms. The average molecular weight is 346 g/mol. The van der Waals surface area contributed by atoms with Gasteiger partial charge in [0.05, 0.1) is 16.2 Å². The minimum atomic E-state index is -0.600. The molecule has 0 saturated carbocycles. The molecule has 1 saturated heterocycles. The van der Waals surface area contributed by atoms with E-state index in [0.29, 0.717) is 29.4 Å². The number of hydrogen-bond donors (Lipinski definition) is 1. The van der Waals surface area contributed by atoms with E-state index < -0.39 is 22.5 Å². The van der Waals surface area contributed by atoms with Gasteiger partial charge in [0.15, 0.2) is 0 Å². The van der Waals surface area contributed by atoms with E-state index in [1.165, 1.54) is 12.1 Å². The Balaban J connectivity index is 2.06. The summed E-state index contributed by atoms with van der Waals surface area (Å²) >= 11 is 0.694. The number of imide groups is 1. The van der Waals surface area contributed by atoms with Gasteiger partial charge in [-0.05, 0) is 55.6 Å². The SMILES string of the molecule is CC1CC(C)(C)N2C(=O)/C(=C3\SC(=O)NC3=O)c3cc(F)cc1c32. The smallest absolute Gasteiger partial charge is 0.290 e. The molecule has 3 amide bonds. The highest BCUT2D eigenvalue weighted by Crippen LogP contribution is 2.53. The molecule has 3 aliphatic heterocycles. The second-order valence-corrected chi connectivity index (χ2v) is 7.98. The Labute approximate surface area is 142 Å². The normalized spacial score (nSPS) is 27.6. The minimum Gasteiger partial charge on any atom is -0.302 e. The zero-order valence-corrected chi connectivity index (χ0v) is 14.2. The van der Waals surface area contributed by atoms with Gasteiger partial charge in [0, 0.05) is 11.1 Å². The van der Waals surface area contributed by atoms with E-state index in [1.54, 1.807) is 4.90 Å². The molecule has 24 heavy (non-hydrogen) atoms. The topological polar surface area (TPSA) is 66.5 Å². The van der Waals surface area contributed by atoms with Crippen molar-refractivity contribution in [1.82, 2.24) is 5.32 Å². The van der Waals surface area contributed by atoms with Crippen molar-refractivity contribution in [1.29, 1.82) is 0 Å². The maximum absolute atomic E-state index is 14.2. The lowest BCUT2D eigenvalue weighted by molar-refractivity contribution is -0.116. The fraction of sp³-hybridized carbons (Fsp3) is 0.353. The average Bonchev–Trinajstić information content (AvgIpc) is 2.92. The maximum Gasteiger partial charge on any atom is 0.290 e. The van der Waals surface area contributed by atoms with Crippen LogP contribution in [0.1, 0.15) is 44.2 Å². The van der Waals surface area contributed by atoms with Crippen molar-refractivity contribution < 1.29 is 18.8 Å². The summed E-state index contributed by atoms with van der Waals surface area (Å²) < 4.78 is 14.2. The van der Waals surface area contributed by atoms with Crippen molar-refractivity contribution in [3.63, 3.8) is 0 Å². The summed E-state index contributed by atoms with van der Waals surface area (Å²) in [6.07, 6.45) is 0.690. The molecule has 1 aromatic carbocycles. The molecule has 1 fully saturated rings. The number of anilines is 1. The van der Waals surface area contributed by atoms with Crippen LogP contribution in [-0.2, 0) is 9.59 Å². The van der Waals surface area contributed by atoms with Crippen LogP contribution in [0.5, 0.6) is 0 Å². The van der Waals surface area contributed by atoms with Gasteiger partial charge < -0.3 is 4.90 Å². The third-order valence-electron chi connectivity index (χ3n) is 4.80. The van der Waals surface area contributed by atoms with E-state index in [9.17, 15) is 18.8 Å². The van der Waals surface area contributed by atoms with Crippen LogP contribution in [0.4, 0.5) is 14.9 Å². The van der Waals surface area contributed by atoms with Gasteiger partial charge in [0.25, 0.3) is 17.1 Å². The fourth-order valence-corrected chi connectivity index (χ4v) is 4.76. The molecule has 0 aliphatic carbocycles. The third-order valence-corrected chi connectivity index (χ3v) is 5.68. The molecule has 3 aliphatic rings. The molecule has 4 rings (SSSR count). The van der Waals surface area contributed by atoms with Crippen LogP contribution in [0, 0.1) is 5.82 Å². The summed E-state index contributed by atoms with van der Waals surface area (Å²) in [4.78, 5) is 38.4. The molecule has 7 heteroatoms. The van der Waals surface area contributed by atoms with E-state index in [2.05, 4.69) is 5.32 Å². The second-order valence-electron chi connectivity index (χ2n) is 7.00. The largest absolute Gasteiger partial charge is 0.302 e. The monoisotopic (exact) mass is 346 g/mol. The molecule has 1 aromatic rings. The summed E-state index contributed by atoms with van der Waals surface area (Å²) in [6.45, 7) is 5.92. The van der Waals surface area contributed by atoms with Crippen molar-refractivity contribution in [2.75, 3.05) is 4.90 Å². The number of nitrogens with zero attached hydrogens (tertiary/aromatic N) is 1. The molecular weight excluding hydrogens is 331 g/mol. The van der Waals surface area contributed by atoms with Crippen molar-refractivity contribution in [3.8, 4) is 0 Å². The Hall–Kier alpha value is -2.15. The van der Waals surface area contributed by atoms with Crippen molar-refractivity contribution in [2.24, 2.45) is 0 Å². The fourth-order valence-electron chi connectivity index (χ4n) is 3.99. The molecule has 1 atom stereocenters. The number of halogens is 1. The predicted octanol–water partition coefficient (Wildman–Crippen LogP) is 3.15. The minimum absolute atomic E-state index is 0.0515. The highest BCUT2D eigenvalue weighted by atomic mass is 32.2. The van der Waals surface area contributed by atoms with Gasteiger partial charge in [0.1, 0.15) is 5.82 Å². The number of benzene rings is 1. The van der Waals surface area contributed by atoms with Crippen LogP contribution >= 0.6 is 11.8 Å². The first-order valence-corrected chi connectivity index (χ1v) is 8.48. The van der Waals surface area contributed by atoms with Crippen molar-refractivity contribution in [3.05, 3.63) is 34.0 Å². The lowest BCUT2D eigenvalue weighted by Gasteiger charge is -2.43. The van der Waals surface area contributed by atoms with Gasteiger partial charge in [-0.25, -0.2) is 4.39 Å². The first kappa shape index (κ1) is 15.4. The van der Waals surface area contributed by atoms with Gasteiger partial charge in [-0.15, -0.1) is 0 Å². The number of nitrogens with one attached hydrogen (secondary N) is 1. The number of amides is 3. The molecule has 1 N–H and O–H groups in total. The van der Waals surface area contributed by atoms with Crippen LogP contribution in [0.2, 0.25) is 0 Å². The van der Waals surface area contributed by atoms with Gasteiger partial charge in [-0.1, -0.05) is 6.92 Å². The Morgan fingerprint density at radius 1 is 1.29 bits per heavy atom. The van der Waals surface area contributed by atoms with E-state index in [1.807, 2.05) is 20.8 Å². The van der Waals surface area contributed by atoms with Crippen LogP contribution in [0.25, 0.3) is 5.57 Å². The predicted molar refractivity (Wildman–Crippen MR) is 89.0 cm³/mol. The Morgan fingerprint density at radius 2 is 2.00 bits per heavy atom. The zero-order chi connectivity index (χ0) is 17.4. The van der Waals surface area contributed by atoms with Gasteiger partial charge in [-0.3, -0.25) is 19.7 Å². The van der Waals surface area contributed by atoms with Crippen LogP contribution < -0.4 is 10.2 Å². The zero-order valence-electron chi connectivity index (χ0n) is 13.4. The standard InChI is InChI=1S/C17H15FN2O3S/c1-7-6-17(2,3)20-12-9(7)4-8(18)5-10(12)11(15(20)22)13-14(21)19-16(23)24-13/h4-5,7H,6H2,1-3H3,(H,19,21,23)/b13-11-. The summed E-state index contributed by atoms with van der Waals surface area (Å²) in [7, 11) is 0. The number of carbonyl (C=O) groups excluding carboxylic acids is 3. The van der Waals surface area contributed by atoms with Crippen LogP contribution in [0.15, 0.2) is 17.0 Å². The molecule has 3 heterocycles. The summed E-state index contributed by atoms with van der Waals surface area (Å²) in [5.74, 6) is -1.31. The van der Waals surface area contributed by atoms with E-state index >= 15 is 0 Å². The molecule has 1 unspecified atom stereocenters. The third kappa shape index (κ3) is 1.90. The van der Waals surface area contributed by atoms with E-state index in [4.69, 9.17) is 0 Å². The van der Waals surface area contributed by atoms with Gasteiger partial charge in [0.2, 0.25) is 0 Å². The number of thioether (sulfide) groups is 1. The molecule has 5 nitrogen and oxygen atoms in total. The highest BCUT2D eigenvalue weighted by Gasteiger charge is 2.49. The molecular formula is C17H15FN2O3S. The Bertz CT molecular complexity index is 875. The van der Waals surface area contributed by atoms with E-state index in [-0.39, 0.29) is 22.3 Å². The highest BCUT2D eigenvalue weighted by molar-refractivity contribution is 8.18. The molecule has 0 aromatic heterocycles. The first-order valence-electron chi connectivity index (χ1n) is 7.66. The second kappa shape index (κ2) is 4.69.